The fraction of sp³-hybridized carbons (Fsp3) is 0.400. The van der Waals surface area contributed by atoms with Crippen LogP contribution in [-0.4, -0.2) is 0 Å². The quantitative estimate of drug-likeness (QED) is 0.338. The van der Waals surface area contributed by atoms with Crippen LogP contribution in [0.1, 0.15) is 101 Å². The molecule has 3 rings (SSSR count). The molecule has 0 aromatic heterocycles. The van der Waals surface area contributed by atoms with Crippen LogP contribution in [-0.2, 0) is 4.57 Å². The van der Waals surface area contributed by atoms with E-state index in [1.807, 2.05) is 18.2 Å². The third-order valence-electron chi connectivity index (χ3n) is 6.43. The molecule has 2 heteroatoms. The monoisotopic (exact) mass is 446 g/mol. The Balaban J connectivity index is 2.61. The summed E-state index contributed by atoms with van der Waals surface area (Å²) >= 11 is 0. The maximum absolute atomic E-state index is 15.9. The zero-order valence-corrected chi connectivity index (χ0v) is 21.9. The van der Waals surface area contributed by atoms with Gasteiger partial charge in [0.1, 0.15) is 0 Å². The van der Waals surface area contributed by atoms with Crippen molar-refractivity contribution in [3.8, 4) is 0 Å². The Morgan fingerprint density at radius 2 is 0.781 bits per heavy atom. The lowest BCUT2D eigenvalue weighted by Gasteiger charge is -2.32. The van der Waals surface area contributed by atoms with Gasteiger partial charge in [0, 0.05) is 15.9 Å². The maximum Gasteiger partial charge on any atom is 0.172 e. The van der Waals surface area contributed by atoms with Crippen molar-refractivity contribution >= 4 is 23.1 Å². The summed E-state index contributed by atoms with van der Waals surface area (Å²) in [6, 6.07) is 23.3. The van der Waals surface area contributed by atoms with Crippen LogP contribution >= 0.6 is 7.14 Å². The first-order valence-electron chi connectivity index (χ1n) is 12.0. The van der Waals surface area contributed by atoms with Crippen LogP contribution in [0.25, 0.3) is 0 Å². The van der Waals surface area contributed by atoms with Crippen molar-refractivity contribution in [2.75, 3.05) is 0 Å². The van der Waals surface area contributed by atoms with Crippen LogP contribution in [0.5, 0.6) is 0 Å². The molecular formula is C30H39OP. The fourth-order valence-corrected chi connectivity index (χ4v) is 8.88. The van der Waals surface area contributed by atoms with E-state index in [-0.39, 0.29) is 23.7 Å². The first-order valence-corrected chi connectivity index (χ1v) is 13.7. The lowest BCUT2D eigenvalue weighted by molar-refractivity contribution is 0.591. The van der Waals surface area contributed by atoms with E-state index < -0.39 is 7.14 Å². The molecule has 0 radical (unpaired) electrons. The van der Waals surface area contributed by atoms with Gasteiger partial charge in [-0.05, 0) is 45.9 Å². The minimum Gasteiger partial charge on any atom is -0.309 e. The van der Waals surface area contributed by atoms with Crippen LogP contribution in [0.15, 0.2) is 66.7 Å². The molecule has 0 heterocycles. The van der Waals surface area contributed by atoms with Gasteiger partial charge in [0.2, 0.25) is 0 Å². The molecule has 0 N–H and O–H groups in total. The highest BCUT2D eigenvalue weighted by atomic mass is 31.2. The molecule has 3 aromatic carbocycles. The highest BCUT2D eigenvalue weighted by molar-refractivity contribution is 7.85. The van der Waals surface area contributed by atoms with Crippen molar-refractivity contribution < 1.29 is 4.57 Å². The van der Waals surface area contributed by atoms with Crippen molar-refractivity contribution in [3.05, 3.63) is 89.0 Å². The third-order valence-corrected chi connectivity index (χ3v) is 9.75. The predicted octanol–water partition coefficient (Wildman–Crippen LogP) is 7.82. The summed E-state index contributed by atoms with van der Waals surface area (Å²) in [5, 5.41) is 3.06. The van der Waals surface area contributed by atoms with Gasteiger partial charge in [-0.2, -0.15) is 0 Å². The van der Waals surface area contributed by atoms with E-state index in [4.69, 9.17) is 0 Å². The summed E-state index contributed by atoms with van der Waals surface area (Å²) in [6.07, 6.45) is 0. The van der Waals surface area contributed by atoms with E-state index in [0.717, 1.165) is 15.9 Å². The normalized spacial score (nSPS) is 12.4. The van der Waals surface area contributed by atoms with Crippen LogP contribution in [0.2, 0.25) is 0 Å². The summed E-state index contributed by atoms with van der Waals surface area (Å²) in [5.74, 6) is 1.15. The van der Waals surface area contributed by atoms with Crippen LogP contribution in [0.3, 0.4) is 0 Å². The second-order valence-electron chi connectivity index (χ2n) is 10.1. The molecule has 0 spiro atoms. The molecule has 0 aliphatic rings. The molecule has 0 aliphatic carbocycles. The molecule has 0 atom stereocenters. The standard InChI is InChI=1S/C30H39OP/c1-20(2)25-16-12-17-26(21(3)4)29(25)32(31,24-14-10-9-11-15-24)30-27(22(5)6)18-13-19-28(30)23(7)8/h9-23H,1-8H3. The zero-order chi connectivity index (χ0) is 23.6. The lowest BCUT2D eigenvalue weighted by atomic mass is 9.95. The largest absolute Gasteiger partial charge is 0.309 e. The van der Waals surface area contributed by atoms with Crippen molar-refractivity contribution in [3.63, 3.8) is 0 Å². The van der Waals surface area contributed by atoms with E-state index in [2.05, 4.69) is 104 Å². The number of hydrogen-bond donors (Lipinski definition) is 0. The zero-order valence-electron chi connectivity index (χ0n) is 21.0. The van der Waals surface area contributed by atoms with Crippen LogP contribution < -0.4 is 15.9 Å². The summed E-state index contributed by atoms with van der Waals surface area (Å²) in [7, 11) is -3.14. The van der Waals surface area contributed by atoms with Gasteiger partial charge in [-0.15, -0.1) is 0 Å². The van der Waals surface area contributed by atoms with Gasteiger partial charge in [-0.25, -0.2) is 0 Å². The van der Waals surface area contributed by atoms with E-state index >= 15 is 4.57 Å². The van der Waals surface area contributed by atoms with Gasteiger partial charge >= 0.3 is 0 Å². The maximum atomic E-state index is 15.9. The van der Waals surface area contributed by atoms with Gasteiger partial charge in [0.15, 0.2) is 7.14 Å². The van der Waals surface area contributed by atoms with Crippen LogP contribution in [0, 0.1) is 0 Å². The molecule has 1 nitrogen and oxygen atoms in total. The Kier molecular flexibility index (Phi) is 7.51. The van der Waals surface area contributed by atoms with Crippen molar-refractivity contribution in [2.45, 2.75) is 79.1 Å². The minimum atomic E-state index is -3.14. The summed E-state index contributed by atoms with van der Waals surface area (Å²) in [4.78, 5) is 0. The highest BCUT2D eigenvalue weighted by Crippen LogP contribution is 2.50. The average Bonchev–Trinajstić information content (AvgIpc) is 2.77. The molecule has 0 saturated heterocycles. The van der Waals surface area contributed by atoms with Crippen molar-refractivity contribution in [2.24, 2.45) is 0 Å². The second kappa shape index (κ2) is 9.80. The van der Waals surface area contributed by atoms with Gasteiger partial charge in [0.25, 0.3) is 0 Å². The minimum absolute atomic E-state index is 0.287. The number of hydrogen-bond acceptors (Lipinski definition) is 1. The van der Waals surface area contributed by atoms with Gasteiger partial charge in [-0.1, -0.05) is 122 Å². The van der Waals surface area contributed by atoms with Gasteiger partial charge in [0.05, 0.1) is 0 Å². The van der Waals surface area contributed by atoms with E-state index in [9.17, 15) is 0 Å². The van der Waals surface area contributed by atoms with E-state index in [0.29, 0.717) is 0 Å². The van der Waals surface area contributed by atoms with E-state index in [1.165, 1.54) is 22.3 Å². The molecule has 32 heavy (non-hydrogen) atoms. The van der Waals surface area contributed by atoms with Gasteiger partial charge < -0.3 is 4.57 Å². The Hall–Kier alpha value is -2.11. The third kappa shape index (κ3) is 4.38. The highest BCUT2D eigenvalue weighted by Gasteiger charge is 2.39. The van der Waals surface area contributed by atoms with Crippen molar-refractivity contribution in [1.29, 1.82) is 0 Å². The molecule has 0 unspecified atom stereocenters. The fourth-order valence-electron chi connectivity index (χ4n) is 4.76. The smallest absolute Gasteiger partial charge is 0.172 e. The Morgan fingerprint density at radius 3 is 1.06 bits per heavy atom. The SMILES string of the molecule is CC(C)c1cccc(C(C)C)c1P(=O)(c1ccccc1)c1c(C(C)C)cccc1C(C)C. The lowest BCUT2D eigenvalue weighted by Crippen LogP contribution is -2.34. The Labute approximate surface area is 195 Å². The Bertz CT molecular complexity index is 987. The summed E-state index contributed by atoms with van der Waals surface area (Å²) < 4.78 is 15.9. The first-order chi connectivity index (χ1) is 15.1. The molecular weight excluding hydrogens is 407 g/mol. The second-order valence-corrected chi connectivity index (χ2v) is 12.8. The van der Waals surface area contributed by atoms with Crippen LogP contribution in [0.4, 0.5) is 0 Å². The predicted molar refractivity (Wildman–Crippen MR) is 142 cm³/mol. The first kappa shape index (κ1) is 24.5. The number of rotatable bonds is 7. The summed E-state index contributed by atoms with van der Waals surface area (Å²) in [5.41, 5.74) is 4.82. The molecule has 0 saturated carbocycles. The average molecular weight is 447 g/mol. The van der Waals surface area contributed by atoms with E-state index in [1.54, 1.807) is 0 Å². The van der Waals surface area contributed by atoms with Gasteiger partial charge in [-0.3, -0.25) is 0 Å². The molecule has 0 bridgehead atoms. The molecule has 0 fully saturated rings. The Morgan fingerprint density at radius 1 is 0.469 bits per heavy atom. The molecule has 3 aromatic rings. The molecule has 0 aliphatic heterocycles. The van der Waals surface area contributed by atoms with Crippen molar-refractivity contribution in [1.82, 2.24) is 0 Å². The number of benzene rings is 3. The topological polar surface area (TPSA) is 17.1 Å². The summed E-state index contributed by atoms with van der Waals surface area (Å²) in [6.45, 7) is 17.7. The molecule has 0 amide bonds. The molecule has 170 valence electrons.